The SMILES string of the molecule is NC1CCCCCCCCN1. The summed E-state index contributed by atoms with van der Waals surface area (Å²) in [5.41, 5.74) is 5.81. The Morgan fingerprint density at radius 3 is 2.36 bits per heavy atom. The Labute approximate surface area is 69.5 Å². The van der Waals surface area contributed by atoms with E-state index in [1.54, 1.807) is 0 Å². The van der Waals surface area contributed by atoms with E-state index < -0.39 is 0 Å². The number of hydrogen-bond acceptors (Lipinski definition) is 2. The highest BCUT2D eigenvalue weighted by Crippen LogP contribution is 2.09. The van der Waals surface area contributed by atoms with Crippen LogP contribution in [0.25, 0.3) is 0 Å². The minimum Gasteiger partial charge on any atom is -0.316 e. The quantitative estimate of drug-likeness (QED) is 0.559. The molecule has 0 aliphatic carbocycles. The van der Waals surface area contributed by atoms with Crippen LogP contribution in [0.4, 0.5) is 0 Å². The van der Waals surface area contributed by atoms with E-state index in [-0.39, 0.29) is 6.17 Å². The molecular weight excluding hydrogens is 136 g/mol. The average Bonchev–Trinajstić information content (AvgIpc) is 2.03. The molecule has 1 fully saturated rings. The predicted octanol–water partition coefficient (Wildman–Crippen LogP) is 1.61. The summed E-state index contributed by atoms with van der Waals surface area (Å²) in [6, 6.07) is 0. The summed E-state index contributed by atoms with van der Waals surface area (Å²) >= 11 is 0. The first kappa shape index (κ1) is 9.01. The van der Waals surface area contributed by atoms with Crippen molar-refractivity contribution in [2.45, 2.75) is 51.1 Å². The highest BCUT2D eigenvalue weighted by Gasteiger charge is 2.02. The highest BCUT2D eigenvalue weighted by atomic mass is 15.0. The van der Waals surface area contributed by atoms with Gasteiger partial charge in [0, 0.05) is 0 Å². The van der Waals surface area contributed by atoms with Crippen LogP contribution in [0.3, 0.4) is 0 Å². The van der Waals surface area contributed by atoms with Crippen LogP contribution in [-0.4, -0.2) is 12.7 Å². The molecule has 0 radical (unpaired) electrons. The Morgan fingerprint density at radius 1 is 0.909 bits per heavy atom. The molecule has 0 saturated carbocycles. The van der Waals surface area contributed by atoms with Gasteiger partial charge in [0.25, 0.3) is 0 Å². The second-order valence-electron chi connectivity index (χ2n) is 3.47. The molecule has 66 valence electrons. The Hall–Kier alpha value is -0.0800. The van der Waals surface area contributed by atoms with Gasteiger partial charge in [0.1, 0.15) is 0 Å². The maximum atomic E-state index is 5.81. The third kappa shape index (κ3) is 4.38. The number of rotatable bonds is 0. The van der Waals surface area contributed by atoms with Crippen LogP contribution in [0.5, 0.6) is 0 Å². The maximum Gasteiger partial charge on any atom is 0.0546 e. The Balaban J connectivity index is 2.12. The van der Waals surface area contributed by atoms with Gasteiger partial charge in [-0.05, 0) is 19.4 Å². The van der Waals surface area contributed by atoms with Gasteiger partial charge in [0.15, 0.2) is 0 Å². The molecule has 1 aliphatic rings. The van der Waals surface area contributed by atoms with Crippen molar-refractivity contribution in [3.05, 3.63) is 0 Å². The molecule has 1 atom stereocenters. The fraction of sp³-hybridized carbons (Fsp3) is 1.00. The summed E-state index contributed by atoms with van der Waals surface area (Å²) in [5, 5.41) is 3.33. The highest BCUT2D eigenvalue weighted by molar-refractivity contribution is 4.61. The van der Waals surface area contributed by atoms with E-state index in [0.717, 1.165) is 13.0 Å². The van der Waals surface area contributed by atoms with Gasteiger partial charge in [0.2, 0.25) is 0 Å². The number of nitrogens with two attached hydrogens (primary N) is 1. The van der Waals surface area contributed by atoms with E-state index >= 15 is 0 Å². The largest absolute Gasteiger partial charge is 0.316 e. The van der Waals surface area contributed by atoms with E-state index in [0.29, 0.717) is 0 Å². The van der Waals surface area contributed by atoms with Crippen molar-refractivity contribution in [3.63, 3.8) is 0 Å². The molecule has 0 aromatic heterocycles. The second-order valence-corrected chi connectivity index (χ2v) is 3.47. The molecule has 2 nitrogen and oxygen atoms in total. The first-order valence-corrected chi connectivity index (χ1v) is 4.88. The van der Waals surface area contributed by atoms with Gasteiger partial charge >= 0.3 is 0 Å². The fourth-order valence-electron chi connectivity index (χ4n) is 1.59. The van der Waals surface area contributed by atoms with Crippen molar-refractivity contribution in [2.24, 2.45) is 5.73 Å². The van der Waals surface area contributed by atoms with Crippen LogP contribution < -0.4 is 11.1 Å². The zero-order chi connectivity index (χ0) is 7.94. The van der Waals surface area contributed by atoms with E-state index in [1.165, 1.54) is 38.5 Å². The van der Waals surface area contributed by atoms with Gasteiger partial charge < -0.3 is 11.1 Å². The monoisotopic (exact) mass is 156 g/mol. The molecule has 0 aromatic carbocycles. The molecule has 2 heteroatoms. The predicted molar refractivity (Wildman–Crippen MR) is 48.3 cm³/mol. The second kappa shape index (κ2) is 5.56. The fourth-order valence-corrected chi connectivity index (χ4v) is 1.59. The summed E-state index contributed by atoms with van der Waals surface area (Å²) in [5.74, 6) is 0. The number of nitrogens with one attached hydrogen (secondary N) is 1. The van der Waals surface area contributed by atoms with E-state index in [1.807, 2.05) is 0 Å². The average molecular weight is 156 g/mol. The van der Waals surface area contributed by atoms with Gasteiger partial charge in [-0.3, -0.25) is 0 Å². The summed E-state index contributed by atoms with van der Waals surface area (Å²) < 4.78 is 0. The van der Waals surface area contributed by atoms with E-state index in [4.69, 9.17) is 5.73 Å². The van der Waals surface area contributed by atoms with Crippen molar-refractivity contribution in [1.82, 2.24) is 5.32 Å². The lowest BCUT2D eigenvalue weighted by molar-refractivity contribution is 0.434. The van der Waals surface area contributed by atoms with Gasteiger partial charge in [-0.25, -0.2) is 0 Å². The van der Waals surface area contributed by atoms with Crippen LogP contribution in [0.2, 0.25) is 0 Å². The molecular formula is C9H20N2. The summed E-state index contributed by atoms with van der Waals surface area (Å²) in [7, 11) is 0. The zero-order valence-electron chi connectivity index (χ0n) is 7.31. The molecule has 0 aromatic rings. The van der Waals surface area contributed by atoms with Gasteiger partial charge in [-0.1, -0.05) is 32.1 Å². The lowest BCUT2D eigenvalue weighted by atomic mass is 10.1. The van der Waals surface area contributed by atoms with E-state index in [2.05, 4.69) is 5.32 Å². The van der Waals surface area contributed by atoms with E-state index in [9.17, 15) is 0 Å². The topological polar surface area (TPSA) is 38.0 Å². The Bertz CT molecular complexity index is 83.6. The van der Waals surface area contributed by atoms with Crippen molar-refractivity contribution in [1.29, 1.82) is 0 Å². The summed E-state index contributed by atoms with van der Waals surface area (Å²) in [6.07, 6.45) is 9.58. The van der Waals surface area contributed by atoms with Crippen LogP contribution in [-0.2, 0) is 0 Å². The normalized spacial score (nSPS) is 29.7. The van der Waals surface area contributed by atoms with Crippen molar-refractivity contribution < 1.29 is 0 Å². The van der Waals surface area contributed by atoms with Gasteiger partial charge in [0.05, 0.1) is 6.17 Å². The van der Waals surface area contributed by atoms with Crippen LogP contribution in [0.1, 0.15) is 44.9 Å². The smallest absolute Gasteiger partial charge is 0.0546 e. The third-order valence-electron chi connectivity index (χ3n) is 2.35. The summed E-state index contributed by atoms with van der Waals surface area (Å²) in [6.45, 7) is 1.11. The lowest BCUT2D eigenvalue weighted by Crippen LogP contribution is -2.37. The third-order valence-corrected chi connectivity index (χ3v) is 2.35. The molecule has 0 bridgehead atoms. The molecule has 1 unspecified atom stereocenters. The lowest BCUT2D eigenvalue weighted by Gasteiger charge is -2.15. The molecule has 1 heterocycles. The minimum atomic E-state index is 0.257. The number of hydrogen-bond donors (Lipinski definition) is 2. The van der Waals surface area contributed by atoms with Gasteiger partial charge in [-0.2, -0.15) is 0 Å². The minimum absolute atomic E-state index is 0.257. The summed E-state index contributed by atoms with van der Waals surface area (Å²) in [4.78, 5) is 0. The standard InChI is InChI=1S/C9H20N2/c10-9-7-5-3-1-2-4-6-8-11-9/h9,11H,1-8,10H2. The Kier molecular flexibility index (Phi) is 4.55. The zero-order valence-corrected chi connectivity index (χ0v) is 7.31. The molecule has 11 heavy (non-hydrogen) atoms. The molecule has 1 saturated heterocycles. The van der Waals surface area contributed by atoms with Crippen LogP contribution in [0, 0.1) is 0 Å². The van der Waals surface area contributed by atoms with Crippen LogP contribution >= 0.6 is 0 Å². The molecule has 1 aliphatic heterocycles. The molecule has 3 N–H and O–H groups in total. The first-order valence-electron chi connectivity index (χ1n) is 4.88. The van der Waals surface area contributed by atoms with Crippen molar-refractivity contribution >= 4 is 0 Å². The Morgan fingerprint density at radius 2 is 1.55 bits per heavy atom. The molecule has 1 rings (SSSR count). The van der Waals surface area contributed by atoms with Crippen molar-refractivity contribution in [3.8, 4) is 0 Å². The van der Waals surface area contributed by atoms with Crippen molar-refractivity contribution in [2.75, 3.05) is 6.54 Å². The molecule has 0 spiro atoms. The van der Waals surface area contributed by atoms with Crippen LogP contribution in [0.15, 0.2) is 0 Å². The molecule has 0 amide bonds. The van der Waals surface area contributed by atoms with Gasteiger partial charge in [-0.15, -0.1) is 0 Å². The maximum absolute atomic E-state index is 5.81. The first-order chi connectivity index (χ1) is 5.39.